The predicted molar refractivity (Wildman–Crippen MR) is 120 cm³/mol. The lowest BCUT2D eigenvalue weighted by Gasteiger charge is -2.23. The van der Waals surface area contributed by atoms with Crippen molar-refractivity contribution in [3.05, 3.63) is 75.0 Å². The molecule has 2 N–H and O–H groups in total. The number of phenolic OH excluding ortho intramolecular Hbond substituents is 1. The number of phenols is 1. The number of Topliss-reactive ketones (excluding diaryl/α,β-unsaturated/α-hetero) is 1. The first-order chi connectivity index (χ1) is 15.2. The van der Waals surface area contributed by atoms with Gasteiger partial charge in [-0.1, -0.05) is 35.0 Å². The van der Waals surface area contributed by atoms with Gasteiger partial charge in [0.1, 0.15) is 11.5 Å². The van der Waals surface area contributed by atoms with Gasteiger partial charge in [0, 0.05) is 11.6 Å². The number of methoxy groups -OCH3 is 1. The van der Waals surface area contributed by atoms with Gasteiger partial charge >= 0.3 is 5.91 Å². The minimum atomic E-state index is -1.04. The number of carbonyl (C=O) groups excluding carboxylic acids is 2. The van der Waals surface area contributed by atoms with Crippen LogP contribution in [0.1, 0.15) is 28.5 Å². The van der Waals surface area contributed by atoms with Crippen LogP contribution in [0.5, 0.6) is 11.5 Å². The van der Waals surface area contributed by atoms with Crippen LogP contribution in [0.3, 0.4) is 0 Å². The van der Waals surface area contributed by atoms with Crippen molar-refractivity contribution < 1.29 is 29.1 Å². The molecule has 0 aliphatic carbocycles. The Morgan fingerprint density at radius 2 is 1.84 bits per heavy atom. The fraction of sp³-hybridized carbons (Fsp3) is 0.174. The SMILES string of the molecule is COc1cc(C2/C(=C(/O)c3ccc(C)cc3)C(=O)C(=O)N2c2cc(C)on2)cc(Br)c1O. The van der Waals surface area contributed by atoms with Crippen molar-refractivity contribution in [3.8, 4) is 11.5 Å². The molecule has 0 spiro atoms. The number of nitrogens with zero attached hydrogens (tertiary/aromatic N) is 2. The van der Waals surface area contributed by atoms with Gasteiger partial charge in [0.05, 0.1) is 23.2 Å². The molecule has 1 unspecified atom stereocenters. The van der Waals surface area contributed by atoms with Gasteiger partial charge in [-0.25, -0.2) is 0 Å². The van der Waals surface area contributed by atoms with Gasteiger partial charge in [-0.3, -0.25) is 14.5 Å². The molecule has 2 heterocycles. The lowest BCUT2D eigenvalue weighted by molar-refractivity contribution is -0.132. The highest BCUT2D eigenvalue weighted by molar-refractivity contribution is 9.10. The van der Waals surface area contributed by atoms with Gasteiger partial charge in [0.25, 0.3) is 5.78 Å². The lowest BCUT2D eigenvalue weighted by Crippen LogP contribution is -2.29. The second kappa shape index (κ2) is 8.16. The smallest absolute Gasteiger partial charge is 0.301 e. The molecule has 0 radical (unpaired) electrons. The quantitative estimate of drug-likeness (QED) is 0.311. The summed E-state index contributed by atoms with van der Waals surface area (Å²) in [7, 11) is 1.38. The van der Waals surface area contributed by atoms with Crippen LogP contribution in [-0.4, -0.2) is 34.2 Å². The van der Waals surface area contributed by atoms with Crippen molar-refractivity contribution >= 4 is 39.2 Å². The van der Waals surface area contributed by atoms with Gasteiger partial charge in [-0.15, -0.1) is 0 Å². The molecule has 1 fully saturated rings. The maximum Gasteiger partial charge on any atom is 0.301 e. The molecule has 9 heteroatoms. The molecule has 1 aromatic heterocycles. The number of aliphatic hydroxyl groups excluding tert-OH is 1. The first-order valence-electron chi connectivity index (χ1n) is 9.60. The molecule has 164 valence electrons. The van der Waals surface area contributed by atoms with Crippen LogP contribution in [0.15, 0.2) is 57.0 Å². The Bertz CT molecular complexity index is 1260. The summed E-state index contributed by atoms with van der Waals surface area (Å²) in [5.41, 5.74) is 1.67. The highest BCUT2D eigenvalue weighted by atomic mass is 79.9. The number of aliphatic hydroxyl groups is 1. The van der Waals surface area contributed by atoms with Gasteiger partial charge in [-0.2, -0.15) is 0 Å². The number of benzene rings is 2. The Kier molecular flexibility index (Phi) is 5.52. The Morgan fingerprint density at radius 3 is 2.44 bits per heavy atom. The van der Waals surface area contributed by atoms with Crippen molar-refractivity contribution in [2.75, 3.05) is 12.0 Å². The molecule has 1 atom stereocenters. The van der Waals surface area contributed by atoms with E-state index in [2.05, 4.69) is 21.1 Å². The average molecular weight is 499 g/mol. The number of hydrogen-bond acceptors (Lipinski definition) is 7. The minimum Gasteiger partial charge on any atom is -0.507 e. The number of hydrogen-bond donors (Lipinski definition) is 2. The van der Waals surface area contributed by atoms with E-state index in [0.29, 0.717) is 21.4 Å². The summed E-state index contributed by atoms with van der Waals surface area (Å²) in [5.74, 6) is -1.48. The van der Waals surface area contributed by atoms with Gasteiger partial charge < -0.3 is 19.5 Å². The zero-order valence-electron chi connectivity index (χ0n) is 17.4. The van der Waals surface area contributed by atoms with E-state index in [1.54, 1.807) is 37.3 Å². The predicted octanol–water partition coefficient (Wildman–Crippen LogP) is 4.39. The van der Waals surface area contributed by atoms with E-state index in [-0.39, 0.29) is 28.6 Å². The van der Waals surface area contributed by atoms with E-state index in [9.17, 15) is 19.8 Å². The second-order valence-corrected chi connectivity index (χ2v) is 8.24. The van der Waals surface area contributed by atoms with Crippen LogP contribution in [0.4, 0.5) is 5.82 Å². The summed E-state index contributed by atoms with van der Waals surface area (Å²) in [6, 6.07) is 10.5. The van der Waals surface area contributed by atoms with Crippen molar-refractivity contribution in [2.24, 2.45) is 0 Å². The topological polar surface area (TPSA) is 113 Å². The third-order valence-corrected chi connectivity index (χ3v) is 5.82. The number of anilines is 1. The summed E-state index contributed by atoms with van der Waals surface area (Å²) in [5, 5.41) is 25.2. The zero-order valence-corrected chi connectivity index (χ0v) is 19.0. The number of aryl methyl sites for hydroxylation is 2. The van der Waals surface area contributed by atoms with Crippen molar-refractivity contribution in [1.82, 2.24) is 5.16 Å². The molecule has 1 saturated heterocycles. The summed E-state index contributed by atoms with van der Waals surface area (Å²) >= 11 is 3.27. The number of halogens is 1. The number of ether oxygens (including phenoxy) is 1. The van der Waals surface area contributed by atoms with Crippen molar-refractivity contribution in [2.45, 2.75) is 19.9 Å². The number of amides is 1. The third kappa shape index (κ3) is 3.54. The van der Waals surface area contributed by atoms with E-state index in [0.717, 1.165) is 10.5 Å². The van der Waals surface area contributed by atoms with Crippen LogP contribution >= 0.6 is 15.9 Å². The molecule has 1 aliphatic rings. The molecule has 2 aromatic carbocycles. The maximum atomic E-state index is 13.1. The van der Waals surface area contributed by atoms with Crippen LogP contribution < -0.4 is 9.64 Å². The first kappa shape index (κ1) is 21.6. The highest BCUT2D eigenvalue weighted by Crippen LogP contribution is 2.45. The Balaban J connectivity index is 1.99. The normalized spacial score (nSPS) is 17.8. The van der Waals surface area contributed by atoms with E-state index in [1.807, 2.05) is 6.92 Å². The maximum absolute atomic E-state index is 13.1. The zero-order chi connectivity index (χ0) is 23.2. The van der Waals surface area contributed by atoms with Gasteiger partial charge in [0.15, 0.2) is 17.3 Å². The number of aromatic hydroxyl groups is 1. The Hall–Kier alpha value is -3.59. The molecule has 3 aromatic rings. The molecule has 1 amide bonds. The van der Waals surface area contributed by atoms with Crippen LogP contribution in [0, 0.1) is 13.8 Å². The van der Waals surface area contributed by atoms with Crippen molar-refractivity contribution in [1.29, 1.82) is 0 Å². The molecule has 1 aliphatic heterocycles. The van der Waals surface area contributed by atoms with Gasteiger partial charge in [0.2, 0.25) is 0 Å². The Morgan fingerprint density at radius 1 is 1.16 bits per heavy atom. The largest absolute Gasteiger partial charge is 0.507 e. The van der Waals surface area contributed by atoms with Gasteiger partial charge in [-0.05, 0) is 47.5 Å². The standard InChI is InChI=1S/C23H19BrN2O6/c1-11-4-6-13(7-5-11)20(27)18-19(14-9-15(24)21(28)16(10-14)31-3)26(23(30)22(18)29)17-8-12(2)32-25-17/h4-10,19,27-28H,1-3H3/b20-18-. The highest BCUT2D eigenvalue weighted by Gasteiger charge is 2.48. The van der Waals surface area contributed by atoms with Crippen LogP contribution in [-0.2, 0) is 9.59 Å². The fourth-order valence-electron chi connectivity index (χ4n) is 3.63. The molecular weight excluding hydrogens is 480 g/mol. The first-order valence-corrected chi connectivity index (χ1v) is 10.4. The fourth-order valence-corrected chi connectivity index (χ4v) is 4.08. The van der Waals surface area contributed by atoms with E-state index >= 15 is 0 Å². The van der Waals surface area contributed by atoms with Crippen molar-refractivity contribution in [3.63, 3.8) is 0 Å². The number of carbonyl (C=O) groups is 2. The van der Waals surface area contributed by atoms with Crippen LogP contribution in [0.2, 0.25) is 0 Å². The third-order valence-electron chi connectivity index (χ3n) is 5.22. The number of rotatable bonds is 4. The molecule has 8 nitrogen and oxygen atoms in total. The van der Waals surface area contributed by atoms with E-state index < -0.39 is 17.7 Å². The molecule has 4 rings (SSSR count). The number of ketones is 1. The Labute approximate surface area is 191 Å². The monoisotopic (exact) mass is 498 g/mol. The summed E-state index contributed by atoms with van der Waals surface area (Å²) in [6.07, 6.45) is 0. The molecule has 0 saturated carbocycles. The minimum absolute atomic E-state index is 0.112. The molecule has 0 bridgehead atoms. The number of aromatic nitrogens is 1. The molecule has 32 heavy (non-hydrogen) atoms. The average Bonchev–Trinajstić information content (AvgIpc) is 3.31. The van der Waals surface area contributed by atoms with Crippen LogP contribution in [0.25, 0.3) is 5.76 Å². The van der Waals surface area contributed by atoms with E-state index in [4.69, 9.17) is 9.26 Å². The van der Waals surface area contributed by atoms with E-state index in [1.165, 1.54) is 19.2 Å². The summed E-state index contributed by atoms with van der Waals surface area (Å²) < 4.78 is 10.7. The summed E-state index contributed by atoms with van der Waals surface area (Å²) in [6.45, 7) is 3.56. The molecular formula is C23H19BrN2O6. The second-order valence-electron chi connectivity index (χ2n) is 7.38. The summed E-state index contributed by atoms with van der Waals surface area (Å²) in [4.78, 5) is 27.3. The lowest BCUT2D eigenvalue weighted by atomic mass is 9.94.